The van der Waals surface area contributed by atoms with E-state index in [1.165, 1.54) is 6.08 Å². The standard InChI is InChI=1S/C20H25N5O3S/c1-15-19(17-7-11-21-12-8-17)24-25-20(15)23-18(26)9-13-22-29(27,28)14-10-16-5-3-2-4-6-16/h2-8,10-12,14-15,19-20,22,24-25H,9,13H2,1H3,(H,23,26)/b14-10+. The molecule has 1 aromatic carbocycles. The van der Waals surface area contributed by atoms with Crippen molar-refractivity contribution in [2.75, 3.05) is 6.54 Å². The van der Waals surface area contributed by atoms with E-state index in [0.29, 0.717) is 0 Å². The fraction of sp³-hybridized carbons (Fsp3) is 0.300. The van der Waals surface area contributed by atoms with Gasteiger partial charge in [0.15, 0.2) is 0 Å². The van der Waals surface area contributed by atoms with E-state index in [9.17, 15) is 13.2 Å². The summed E-state index contributed by atoms with van der Waals surface area (Å²) in [4.78, 5) is 16.2. The van der Waals surface area contributed by atoms with Gasteiger partial charge in [0.2, 0.25) is 15.9 Å². The molecule has 0 bridgehead atoms. The molecule has 0 aliphatic carbocycles. The molecule has 0 radical (unpaired) electrons. The van der Waals surface area contributed by atoms with Gasteiger partial charge in [-0.1, -0.05) is 37.3 Å². The van der Waals surface area contributed by atoms with Gasteiger partial charge in [-0.3, -0.25) is 9.78 Å². The van der Waals surface area contributed by atoms with Gasteiger partial charge >= 0.3 is 0 Å². The molecule has 154 valence electrons. The van der Waals surface area contributed by atoms with Crippen molar-refractivity contribution >= 4 is 22.0 Å². The number of hydrogen-bond donors (Lipinski definition) is 4. The molecule has 2 aromatic rings. The van der Waals surface area contributed by atoms with Crippen molar-refractivity contribution in [2.24, 2.45) is 5.92 Å². The number of nitrogens with zero attached hydrogens (tertiary/aromatic N) is 1. The van der Waals surface area contributed by atoms with E-state index >= 15 is 0 Å². The van der Waals surface area contributed by atoms with Gasteiger partial charge in [-0.2, -0.15) is 0 Å². The van der Waals surface area contributed by atoms with E-state index < -0.39 is 10.0 Å². The molecule has 4 N–H and O–H groups in total. The van der Waals surface area contributed by atoms with Crippen LogP contribution in [0.2, 0.25) is 0 Å². The van der Waals surface area contributed by atoms with Crippen LogP contribution in [0.4, 0.5) is 0 Å². The Hall–Kier alpha value is -2.59. The zero-order valence-corrected chi connectivity index (χ0v) is 16.9. The Morgan fingerprint density at radius 1 is 1.14 bits per heavy atom. The molecule has 3 unspecified atom stereocenters. The predicted molar refractivity (Wildman–Crippen MR) is 111 cm³/mol. The summed E-state index contributed by atoms with van der Waals surface area (Å²) in [6, 6.07) is 13.0. The van der Waals surface area contributed by atoms with Crippen LogP contribution in [0.5, 0.6) is 0 Å². The predicted octanol–water partition coefficient (Wildman–Crippen LogP) is 1.29. The lowest BCUT2D eigenvalue weighted by atomic mass is 9.95. The maximum Gasteiger partial charge on any atom is 0.233 e. The number of carbonyl (C=O) groups excluding carboxylic acids is 1. The highest BCUT2D eigenvalue weighted by molar-refractivity contribution is 7.92. The second-order valence-electron chi connectivity index (χ2n) is 6.85. The molecule has 3 atom stereocenters. The molecule has 9 heteroatoms. The molecule has 1 aromatic heterocycles. The monoisotopic (exact) mass is 415 g/mol. The van der Waals surface area contributed by atoms with Crippen LogP contribution in [-0.2, 0) is 14.8 Å². The first-order chi connectivity index (χ1) is 13.9. The van der Waals surface area contributed by atoms with Crippen LogP contribution in [0.15, 0.2) is 60.3 Å². The van der Waals surface area contributed by atoms with Crippen LogP contribution in [-0.4, -0.2) is 32.0 Å². The van der Waals surface area contributed by atoms with Gasteiger partial charge in [0, 0.05) is 36.7 Å². The minimum Gasteiger partial charge on any atom is -0.339 e. The largest absolute Gasteiger partial charge is 0.339 e. The summed E-state index contributed by atoms with van der Waals surface area (Å²) in [6.07, 6.45) is 4.76. The Bertz CT molecular complexity index is 935. The lowest BCUT2D eigenvalue weighted by Gasteiger charge is -2.19. The summed E-state index contributed by atoms with van der Waals surface area (Å²) >= 11 is 0. The zero-order chi connectivity index (χ0) is 20.7. The van der Waals surface area contributed by atoms with Crippen molar-refractivity contribution in [3.63, 3.8) is 0 Å². The van der Waals surface area contributed by atoms with E-state index in [4.69, 9.17) is 0 Å². The first-order valence-electron chi connectivity index (χ1n) is 9.38. The van der Waals surface area contributed by atoms with E-state index in [0.717, 1.165) is 16.5 Å². The lowest BCUT2D eigenvalue weighted by molar-refractivity contribution is -0.122. The summed E-state index contributed by atoms with van der Waals surface area (Å²) in [7, 11) is -3.60. The molecule has 2 heterocycles. The highest BCUT2D eigenvalue weighted by Gasteiger charge is 2.34. The van der Waals surface area contributed by atoms with Crippen molar-refractivity contribution in [2.45, 2.75) is 25.6 Å². The number of aromatic nitrogens is 1. The number of carbonyl (C=O) groups is 1. The van der Waals surface area contributed by atoms with E-state index in [1.807, 2.05) is 49.4 Å². The number of hydrazine groups is 1. The molecule has 1 saturated heterocycles. The summed E-state index contributed by atoms with van der Waals surface area (Å²) in [5.74, 6) is -0.131. The van der Waals surface area contributed by atoms with Crippen molar-refractivity contribution in [3.8, 4) is 0 Å². The van der Waals surface area contributed by atoms with Gasteiger partial charge in [0.25, 0.3) is 0 Å². The Morgan fingerprint density at radius 3 is 2.59 bits per heavy atom. The second kappa shape index (κ2) is 9.75. The van der Waals surface area contributed by atoms with Gasteiger partial charge in [0.1, 0.15) is 0 Å². The fourth-order valence-electron chi connectivity index (χ4n) is 3.09. The second-order valence-corrected chi connectivity index (χ2v) is 8.50. The van der Waals surface area contributed by atoms with Crippen LogP contribution in [0.3, 0.4) is 0 Å². The Balaban J connectivity index is 1.44. The van der Waals surface area contributed by atoms with Crippen molar-refractivity contribution in [1.82, 2.24) is 25.9 Å². The van der Waals surface area contributed by atoms with Crippen molar-refractivity contribution in [1.29, 1.82) is 0 Å². The lowest BCUT2D eigenvalue weighted by Crippen LogP contribution is -2.47. The van der Waals surface area contributed by atoms with Crippen LogP contribution in [0, 0.1) is 5.92 Å². The maximum absolute atomic E-state index is 12.2. The number of rotatable bonds is 8. The molecule has 8 nitrogen and oxygen atoms in total. The molecule has 0 saturated carbocycles. The van der Waals surface area contributed by atoms with E-state index in [-0.39, 0.29) is 37.0 Å². The first-order valence-corrected chi connectivity index (χ1v) is 10.9. The summed E-state index contributed by atoms with van der Waals surface area (Å²) < 4.78 is 26.5. The number of nitrogens with one attached hydrogen (secondary N) is 4. The van der Waals surface area contributed by atoms with E-state index in [2.05, 4.69) is 25.9 Å². The van der Waals surface area contributed by atoms with Crippen LogP contribution < -0.4 is 20.9 Å². The Labute approximate surface area is 170 Å². The molecular weight excluding hydrogens is 390 g/mol. The molecule has 0 spiro atoms. The third kappa shape index (κ3) is 6.20. The maximum atomic E-state index is 12.2. The minimum atomic E-state index is -3.60. The highest BCUT2D eigenvalue weighted by atomic mass is 32.2. The molecular formula is C20H25N5O3S. The first kappa shape index (κ1) is 21.1. The number of pyridine rings is 1. The smallest absolute Gasteiger partial charge is 0.233 e. The number of amides is 1. The molecule has 3 rings (SSSR count). The fourth-order valence-corrected chi connectivity index (χ4v) is 3.91. The van der Waals surface area contributed by atoms with Gasteiger partial charge in [-0.25, -0.2) is 24.0 Å². The van der Waals surface area contributed by atoms with Crippen LogP contribution >= 0.6 is 0 Å². The zero-order valence-electron chi connectivity index (χ0n) is 16.1. The Morgan fingerprint density at radius 2 is 1.86 bits per heavy atom. The highest BCUT2D eigenvalue weighted by Crippen LogP contribution is 2.26. The van der Waals surface area contributed by atoms with Gasteiger partial charge in [-0.15, -0.1) is 0 Å². The van der Waals surface area contributed by atoms with E-state index in [1.54, 1.807) is 12.4 Å². The van der Waals surface area contributed by atoms with Crippen molar-refractivity contribution < 1.29 is 13.2 Å². The molecule has 1 aliphatic heterocycles. The number of benzene rings is 1. The van der Waals surface area contributed by atoms with Gasteiger partial charge in [0.05, 0.1) is 12.2 Å². The molecule has 1 aliphatic rings. The molecule has 1 fully saturated rings. The molecule has 1 amide bonds. The third-order valence-electron chi connectivity index (χ3n) is 4.72. The van der Waals surface area contributed by atoms with Crippen LogP contribution in [0.1, 0.15) is 30.5 Å². The SMILES string of the molecule is CC1C(NC(=O)CCNS(=O)(=O)/C=C/c2ccccc2)NNC1c1ccncc1. The van der Waals surface area contributed by atoms with Crippen molar-refractivity contribution in [3.05, 3.63) is 71.4 Å². The Kier molecular flexibility index (Phi) is 7.10. The topological polar surface area (TPSA) is 112 Å². The van der Waals surface area contributed by atoms with Gasteiger partial charge in [-0.05, 0) is 29.3 Å². The third-order valence-corrected chi connectivity index (χ3v) is 5.82. The number of sulfonamides is 1. The average molecular weight is 416 g/mol. The summed E-state index contributed by atoms with van der Waals surface area (Å²) in [5.41, 5.74) is 8.12. The van der Waals surface area contributed by atoms with Crippen LogP contribution in [0.25, 0.3) is 6.08 Å². The van der Waals surface area contributed by atoms with Gasteiger partial charge < -0.3 is 5.32 Å². The summed E-state index contributed by atoms with van der Waals surface area (Å²) in [6.45, 7) is 2.05. The minimum absolute atomic E-state index is 0.0234. The average Bonchev–Trinajstić information content (AvgIpc) is 3.08. The normalized spacial score (nSPS) is 22.0. The summed E-state index contributed by atoms with van der Waals surface area (Å²) in [5, 5.41) is 3.99. The quantitative estimate of drug-likeness (QED) is 0.517. The number of hydrogen-bond acceptors (Lipinski definition) is 6. The molecule has 29 heavy (non-hydrogen) atoms.